The molecule has 0 aromatic heterocycles. The topological polar surface area (TPSA) is 29.5 Å². The minimum absolute atomic E-state index is 0.0488. The van der Waals surface area contributed by atoms with Gasteiger partial charge in [-0.15, -0.1) is 11.6 Å². The summed E-state index contributed by atoms with van der Waals surface area (Å²) in [5.74, 6) is -0.0488. The molecule has 0 spiro atoms. The number of carbonyl (C=O) groups excluding carboxylic acids is 1. The number of hydrogen-bond acceptors (Lipinski definition) is 2. The summed E-state index contributed by atoms with van der Waals surface area (Å²) in [4.78, 5) is 13.9. The van der Waals surface area contributed by atoms with E-state index >= 15 is 0 Å². The molecule has 0 radical (unpaired) electrons. The Morgan fingerprint density at radius 2 is 2.22 bits per heavy atom. The molecule has 0 bridgehead atoms. The van der Waals surface area contributed by atoms with E-state index in [9.17, 15) is 4.79 Å². The van der Waals surface area contributed by atoms with Crippen LogP contribution in [0.5, 0.6) is 0 Å². The van der Waals surface area contributed by atoms with Gasteiger partial charge in [0.05, 0.1) is 17.5 Å². The molecular formula is C13H17BrClNO2. The van der Waals surface area contributed by atoms with E-state index < -0.39 is 0 Å². The Balaban J connectivity index is 2.77. The molecule has 0 saturated carbocycles. The quantitative estimate of drug-likeness (QED) is 0.775. The molecule has 0 heterocycles. The third-order valence-corrected chi connectivity index (χ3v) is 3.47. The van der Waals surface area contributed by atoms with Crippen molar-refractivity contribution in [3.8, 4) is 0 Å². The molecule has 1 unspecified atom stereocenters. The predicted octanol–water partition coefficient (Wildman–Crippen LogP) is 3.08. The highest BCUT2D eigenvalue weighted by Gasteiger charge is 2.17. The molecule has 1 aromatic rings. The van der Waals surface area contributed by atoms with Crippen molar-refractivity contribution in [2.75, 3.05) is 27.3 Å². The van der Waals surface area contributed by atoms with Gasteiger partial charge >= 0.3 is 0 Å². The van der Waals surface area contributed by atoms with Gasteiger partial charge in [-0.1, -0.05) is 11.6 Å². The van der Waals surface area contributed by atoms with E-state index in [0.717, 1.165) is 10.0 Å². The van der Waals surface area contributed by atoms with Crippen molar-refractivity contribution in [3.05, 3.63) is 33.8 Å². The van der Waals surface area contributed by atoms with Crippen LogP contribution in [0.1, 0.15) is 15.9 Å². The first kappa shape index (κ1) is 15.5. The highest BCUT2D eigenvalue weighted by Crippen LogP contribution is 2.19. The molecule has 1 amide bonds. The van der Waals surface area contributed by atoms with E-state index in [1.165, 1.54) is 0 Å². The summed E-state index contributed by atoms with van der Waals surface area (Å²) in [5.41, 5.74) is 1.70. The number of methoxy groups -OCH3 is 1. The van der Waals surface area contributed by atoms with Crippen LogP contribution in [-0.4, -0.2) is 43.5 Å². The summed E-state index contributed by atoms with van der Waals surface area (Å²) < 4.78 is 5.75. The Bertz CT molecular complexity index is 425. The molecule has 1 aromatic carbocycles. The lowest BCUT2D eigenvalue weighted by Gasteiger charge is -2.20. The number of carbonyl (C=O) groups is 1. The number of benzene rings is 1. The van der Waals surface area contributed by atoms with Crippen LogP contribution in [0.2, 0.25) is 0 Å². The van der Waals surface area contributed by atoms with Crippen molar-refractivity contribution in [3.63, 3.8) is 0 Å². The fraction of sp³-hybridized carbons (Fsp3) is 0.462. The molecule has 3 nitrogen and oxygen atoms in total. The zero-order valence-electron chi connectivity index (χ0n) is 10.7. The number of nitrogens with zero attached hydrogens (tertiary/aromatic N) is 1. The monoisotopic (exact) mass is 333 g/mol. The fourth-order valence-electron chi connectivity index (χ4n) is 1.62. The van der Waals surface area contributed by atoms with Crippen molar-refractivity contribution in [2.45, 2.75) is 12.3 Å². The molecule has 0 aliphatic heterocycles. The summed E-state index contributed by atoms with van der Waals surface area (Å²) in [5, 5.41) is -0.201. The third-order valence-electron chi connectivity index (χ3n) is 2.52. The molecule has 0 aliphatic rings. The van der Waals surface area contributed by atoms with E-state index in [4.69, 9.17) is 16.3 Å². The minimum atomic E-state index is -0.201. The summed E-state index contributed by atoms with van der Waals surface area (Å²) in [7, 11) is 3.33. The second kappa shape index (κ2) is 7.12. The van der Waals surface area contributed by atoms with Crippen molar-refractivity contribution >= 4 is 33.4 Å². The minimum Gasteiger partial charge on any atom is -0.383 e. The third kappa shape index (κ3) is 4.26. The lowest BCUT2D eigenvalue weighted by molar-refractivity contribution is 0.0780. The van der Waals surface area contributed by atoms with Gasteiger partial charge in [-0.3, -0.25) is 4.79 Å². The lowest BCUT2D eigenvalue weighted by Crippen LogP contribution is -2.34. The first-order valence-electron chi connectivity index (χ1n) is 5.60. The average molecular weight is 335 g/mol. The highest BCUT2D eigenvalue weighted by molar-refractivity contribution is 9.10. The normalized spacial score (nSPS) is 12.3. The van der Waals surface area contributed by atoms with Gasteiger partial charge in [0.1, 0.15) is 0 Å². The van der Waals surface area contributed by atoms with E-state index in [1.807, 2.05) is 25.1 Å². The smallest absolute Gasteiger partial charge is 0.254 e. The van der Waals surface area contributed by atoms with Gasteiger partial charge < -0.3 is 9.64 Å². The second-order valence-corrected chi connectivity index (χ2v) is 5.69. The maximum absolute atomic E-state index is 12.3. The Kier molecular flexibility index (Phi) is 6.12. The largest absolute Gasteiger partial charge is 0.383 e. The van der Waals surface area contributed by atoms with Gasteiger partial charge in [-0.2, -0.15) is 0 Å². The maximum atomic E-state index is 12.3. The Morgan fingerprint density at radius 1 is 1.56 bits per heavy atom. The maximum Gasteiger partial charge on any atom is 0.254 e. The molecule has 5 heteroatoms. The molecule has 0 N–H and O–H groups in total. The van der Waals surface area contributed by atoms with Crippen molar-refractivity contribution in [1.29, 1.82) is 0 Å². The van der Waals surface area contributed by atoms with Gasteiger partial charge in [0.25, 0.3) is 5.91 Å². The van der Waals surface area contributed by atoms with Crippen molar-refractivity contribution < 1.29 is 9.53 Å². The summed E-state index contributed by atoms with van der Waals surface area (Å²) in [6, 6.07) is 5.70. The highest BCUT2D eigenvalue weighted by atomic mass is 79.9. The van der Waals surface area contributed by atoms with Crippen LogP contribution < -0.4 is 0 Å². The van der Waals surface area contributed by atoms with Gasteiger partial charge in [-0.05, 0) is 35.0 Å². The lowest BCUT2D eigenvalue weighted by atomic mass is 10.1. The number of halogens is 2. The molecular weight excluding hydrogens is 318 g/mol. The predicted molar refractivity (Wildman–Crippen MR) is 77.4 cm³/mol. The molecule has 18 heavy (non-hydrogen) atoms. The summed E-state index contributed by atoms with van der Waals surface area (Å²) in [6.45, 7) is 2.83. The zero-order valence-corrected chi connectivity index (χ0v) is 13.1. The first-order chi connectivity index (χ1) is 8.45. The van der Waals surface area contributed by atoms with Crippen LogP contribution >= 0.6 is 27.5 Å². The second-order valence-electron chi connectivity index (χ2n) is 4.22. The van der Waals surface area contributed by atoms with Gasteiger partial charge in [0, 0.05) is 25.2 Å². The van der Waals surface area contributed by atoms with Gasteiger partial charge in [0.2, 0.25) is 0 Å². The molecule has 0 aliphatic carbocycles. The van der Waals surface area contributed by atoms with Crippen LogP contribution in [0, 0.1) is 6.92 Å². The Labute approximate surface area is 121 Å². The number of aryl methyl sites for hydroxylation is 1. The van der Waals surface area contributed by atoms with Crippen LogP contribution in [0.3, 0.4) is 0 Å². The molecule has 1 rings (SSSR count). The van der Waals surface area contributed by atoms with Crippen LogP contribution in [-0.2, 0) is 4.74 Å². The van der Waals surface area contributed by atoms with E-state index in [0.29, 0.717) is 18.7 Å². The van der Waals surface area contributed by atoms with Crippen LogP contribution in [0.4, 0.5) is 0 Å². The zero-order chi connectivity index (χ0) is 13.7. The number of alkyl halides is 1. The van der Waals surface area contributed by atoms with Crippen LogP contribution in [0.25, 0.3) is 0 Å². The van der Waals surface area contributed by atoms with E-state index in [-0.39, 0.29) is 11.3 Å². The van der Waals surface area contributed by atoms with E-state index in [2.05, 4.69) is 15.9 Å². The van der Waals surface area contributed by atoms with Crippen molar-refractivity contribution in [1.82, 2.24) is 4.90 Å². The number of ether oxygens (including phenoxy) is 1. The van der Waals surface area contributed by atoms with E-state index in [1.54, 1.807) is 19.1 Å². The molecule has 1 atom stereocenters. The Hall–Kier alpha value is -0.580. The average Bonchev–Trinajstić information content (AvgIpc) is 2.31. The standard InChI is InChI=1S/C13H17BrClNO2/c1-9-4-5-12(14)11(6-9)13(17)16(2)7-10(15)8-18-3/h4-6,10H,7-8H2,1-3H3. The van der Waals surface area contributed by atoms with Crippen LogP contribution in [0.15, 0.2) is 22.7 Å². The Morgan fingerprint density at radius 3 is 2.83 bits per heavy atom. The molecule has 0 fully saturated rings. The summed E-state index contributed by atoms with van der Waals surface area (Å²) >= 11 is 9.44. The number of rotatable bonds is 5. The SMILES string of the molecule is COCC(Cl)CN(C)C(=O)c1cc(C)ccc1Br. The fourth-order valence-corrected chi connectivity index (χ4v) is 2.37. The van der Waals surface area contributed by atoms with Crippen molar-refractivity contribution in [2.24, 2.45) is 0 Å². The molecule has 0 saturated heterocycles. The number of hydrogen-bond donors (Lipinski definition) is 0. The first-order valence-corrected chi connectivity index (χ1v) is 6.83. The molecule has 100 valence electrons. The van der Waals surface area contributed by atoms with Gasteiger partial charge in [-0.25, -0.2) is 0 Å². The number of amides is 1. The summed E-state index contributed by atoms with van der Waals surface area (Å²) in [6.07, 6.45) is 0. The van der Waals surface area contributed by atoms with Gasteiger partial charge in [0.15, 0.2) is 0 Å².